The van der Waals surface area contributed by atoms with Crippen LogP contribution in [0.4, 0.5) is 5.69 Å². The highest BCUT2D eigenvalue weighted by Gasteiger charge is 2.30. The average Bonchev–Trinajstić information content (AvgIpc) is 2.25. The number of rotatable bonds is 4. The third-order valence-electron chi connectivity index (χ3n) is 2.50. The zero-order valence-corrected chi connectivity index (χ0v) is 13.9. The molecule has 1 N–H and O–H groups in total. The lowest BCUT2D eigenvalue weighted by Gasteiger charge is -2.21. The van der Waals surface area contributed by atoms with Crippen molar-refractivity contribution in [3.05, 3.63) is 18.2 Å². The summed E-state index contributed by atoms with van der Waals surface area (Å²) in [4.78, 5) is -0.216. The minimum Gasteiger partial charge on any atom is -0.495 e. The second-order valence-electron chi connectivity index (χ2n) is 5.02. The van der Waals surface area contributed by atoms with E-state index in [9.17, 15) is 16.8 Å². The number of ether oxygens (including phenoxy) is 1. The van der Waals surface area contributed by atoms with Crippen molar-refractivity contribution in [2.24, 2.45) is 0 Å². The van der Waals surface area contributed by atoms with Gasteiger partial charge in [0.1, 0.15) is 5.75 Å². The summed E-state index contributed by atoms with van der Waals surface area (Å²) in [6.07, 6.45) is 0. The Morgan fingerprint density at radius 2 is 1.70 bits per heavy atom. The van der Waals surface area contributed by atoms with Crippen molar-refractivity contribution in [2.45, 2.75) is 30.4 Å². The number of benzene rings is 1. The Morgan fingerprint density at radius 1 is 1.15 bits per heavy atom. The van der Waals surface area contributed by atoms with Gasteiger partial charge in [-0.15, -0.1) is 0 Å². The van der Waals surface area contributed by atoms with Crippen LogP contribution in [0, 0.1) is 0 Å². The molecule has 0 heterocycles. The summed E-state index contributed by atoms with van der Waals surface area (Å²) in [7, 11) is -1.09. The molecular weight excluding hydrogens is 326 g/mol. The summed E-state index contributed by atoms with van der Waals surface area (Å²) >= 11 is 0. The Kier molecular flexibility index (Phi) is 4.62. The van der Waals surface area contributed by atoms with Gasteiger partial charge in [-0.25, -0.2) is 16.8 Å². The zero-order chi connectivity index (χ0) is 15.8. The highest BCUT2D eigenvalue weighted by atomic mass is 35.7. The molecule has 0 aliphatic rings. The standard InChI is InChI=1S/C11H16ClNO5S2/c1-11(2,3)20(16,17)13-9-7-8(19(12,14)15)5-6-10(9)18-4/h5-7,13H,1-4H3. The summed E-state index contributed by atoms with van der Waals surface area (Å²) in [6.45, 7) is 4.55. The smallest absolute Gasteiger partial charge is 0.261 e. The normalized spacial score (nSPS) is 13.1. The van der Waals surface area contributed by atoms with Crippen molar-refractivity contribution in [1.29, 1.82) is 0 Å². The number of methoxy groups -OCH3 is 1. The van der Waals surface area contributed by atoms with E-state index >= 15 is 0 Å². The SMILES string of the molecule is COc1ccc(S(=O)(=O)Cl)cc1NS(=O)(=O)C(C)(C)C. The molecule has 9 heteroatoms. The quantitative estimate of drug-likeness (QED) is 0.847. The molecule has 0 saturated heterocycles. The molecule has 1 aromatic rings. The van der Waals surface area contributed by atoms with Crippen LogP contribution in [0.1, 0.15) is 20.8 Å². The van der Waals surface area contributed by atoms with Crippen molar-refractivity contribution >= 4 is 35.4 Å². The van der Waals surface area contributed by atoms with E-state index in [0.717, 1.165) is 6.07 Å². The monoisotopic (exact) mass is 341 g/mol. The van der Waals surface area contributed by atoms with Gasteiger partial charge in [0.2, 0.25) is 10.0 Å². The Labute approximate surface area is 123 Å². The molecule has 0 aliphatic heterocycles. The first-order chi connectivity index (χ1) is 8.88. The zero-order valence-electron chi connectivity index (χ0n) is 11.5. The average molecular weight is 342 g/mol. The van der Waals surface area contributed by atoms with Crippen molar-refractivity contribution in [3.63, 3.8) is 0 Å². The molecule has 0 amide bonds. The fourth-order valence-corrected chi connectivity index (χ4v) is 2.75. The van der Waals surface area contributed by atoms with Gasteiger partial charge in [-0.3, -0.25) is 4.72 Å². The van der Waals surface area contributed by atoms with Crippen molar-refractivity contribution < 1.29 is 21.6 Å². The van der Waals surface area contributed by atoms with Gasteiger partial charge in [0, 0.05) is 10.7 Å². The van der Waals surface area contributed by atoms with E-state index in [0.29, 0.717) is 0 Å². The number of nitrogens with one attached hydrogen (secondary N) is 1. The fourth-order valence-electron chi connectivity index (χ4n) is 1.22. The first kappa shape index (κ1) is 17.1. The number of sulfonamides is 1. The molecule has 0 fully saturated rings. The largest absolute Gasteiger partial charge is 0.495 e. The Hall–Kier alpha value is -0.990. The summed E-state index contributed by atoms with van der Waals surface area (Å²) < 4.78 is 53.1. The molecule has 1 aromatic carbocycles. The fraction of sp³-hybridized carbons (Fsp3) is 0.455. The minimum absolute atomic E-state index is 0.0177. The first-order valence-corrected chi connectivity index (χ1v) is 9.33. The lowest BCUT2D eigenvalue weighted by molar-refractivity contribution is 0.416. The maximum absolute atomic E-state index is 12.1. The number of hydrogen-bond acceptors (Lipinski definition) is 5. The molecule has 0 radical (unpaired) electrons. The topological polar surface area (TPSA) is 89.5 Å². The molecule has 6 nitrogen and oxygen atoms in total. The summed E-state index contributed by atoms with van der Waals surface area (Å²) in [5.41, 5.74) is 0.0177. The molecule has 0 bridgehead atoms. The van der Waals surface area contributed by atoms with Gasteiger partial charge in [0.25, 0.3) is 9.05 Å². The van der Waals surface area contributed by atoms with E-state index in [-0.39, 0.29) is 16.3 Å². The van der Waals surface area contributed by atoms with Gasteiger partial charge in [0.15, 0.2) is 0 Å². The van der Waals surface area contributed by atoms with Crippen LogP contribution in [0.5, 0.6) is 5.75 Å². The van der Waals surface area contributed by atoms with Crippen LogP contribution in [-0.2, 0) is 19.1 Å². The Bertz CT molecular complexity index is 705. The van der Waals surface area contributed by atoms with Gasteiger partial charge in [-0.2, -0.15) is 0 Å². The highest BCUT2D eigenvalue weighted by Crippen LogP contribution is 2.31. The van der Waals surface area contributed by atoms with Crippen LogP contribution in [0.3, 0.4) is 0 Å². The van der Waals surface area contributed by atoms with E-state index in [1.54, 1.807) is 0 Å². The van der Waals surface area contributed by atoms with Crippen molar-refractivity contribution in [2.75, 3.05) is 11.8 Å². The van der Waals surface area contributed by atoms with Crippen LogP contribution in [0.25, 0.3) is 0 Å². The maximum Gasteiger partial charge on any atom is 0.261 e. The third-order valence-corrected chi connectivity index (χ3v) is 5.96. The van der Waals surface area contributed by atoms with E-state index in [2.05, 4.69) is 4.72 Å². The molecule has 0 spiro atoms. The number of hydrogen-bond donors (Lipinski definition) is 1. The van der Waals surface area contributed by atoms with E-state index in [4.69, 9.17) is 15.4 Å². The minimum atomic E-state index is -3.96. The summed E-state index contributed by atoms with van der Waals surface area (Å²) in [5.74, 6) is 0.196. The molecule has 0 atom stereocenters. The van der Waals surface area contributed by atoms with Crippen LogP contribution in [0.15, 0.2) is 23.1 Å². The van der Waals surface area contributed by atoms with Gasteiger partial charge in [-0.05, 0) is 39.0 Å². The Morgan fingerprint density at radius 3 is 2.10 bits per heavy atom. The molecule has 0 unspecified atom stereocenters. The van der Waals surface area contributed by atoms with E-state index in [1.165, 1.54) is 40.0 Å². The van der Waals surface area contributed by atoms with Gasteiger partial charge in [0.05, 0.1) is 22.4 Å². The molecule has 0 saturated carbocycles. The molecule has 114 valence electrons. The number of halogens is 1. The Balaban J connectivity index is 3.37. The third kappa shape index (κ3) is 3.77. The molecule has 1 rings (SSSR count). The van der Waals surface area contributed by atoms with Crippen LogP contribution >= 0.6 is 10.7 Å². The first-order valence-electron chi connectivity index (χ1n) is 5.53. The predicted octanol–water partition coefficient (Wildman–Crippen LogP) is 2.16. The molecule has 0 aromatic heterocycles. The maximum atomic E-state index is 12.1. The molecule has 0 aliphatic carbocycles. The highest BCUT2D eigenvalue weighted by molar-refractivity contribution is 8.13. The second-order valence-corrected chi connectivity index (χ2v) is 10.0. The molecular formula is C11H16ClNO5S2. The van der Waals surface area contributed by atoms with Crippen LogP contribution in [0.2, 0.25) is 0 Å². The molecule has 20 heavy (non-hydrogen) atoms. The predicted molar refractivity (Wildman–Crippen MR) is 78.3 cm³/mol. The van der Waals surface area contributed by atoms with Crippen molar-refractivity contribution in [1.82, 2.24) is 0 Å². The summed E-state index contributed by atoms with van der Waals surface area (Å²) in [5, 5.41) is 0. The van der Waals surface area contributed by atoms with Crippen LogP contribution < -0.4 is 9.46 Å². The second kappa shape index (κ2) is 5.42. The van der Waals surface area contributed by atoms with Gasteiger partial charge < -0.3 is 4.74 Å². The van der Waals surface area contributed by atoms with Gasteiger partial charge in [-0.1, -0.05) is 0 Å². The summed E-state index contributed by atoms with van der Waals surface area (Å²) in [6, 6.07) is 3.68. The van der Waals surface area contributed by atoms with Crippen LogP contribution in [-0.4, -0.2) is 28.7 Å². The lowest BCUT2D eigenvalue weighted by atomic mass is 10.3. The van der Waals surface area contributed by atoms with E-state index in [1.807, 2.05) is 0 Å². The lowest BCUT2D eigenvalue weighted by Crippen LogP contribution is -2.33. The van der Waals surface area contributed by atoms with Crippen molar-refractivity contribution in [3.8, 4) is 5.75 Å². The number of anilines is 1. The van der Waals surface area contributed by atoms with E-state index < -0.39 is 23.8 Å². The van der Waals surface area contributed by atoms with Gasteiger partial charge >= 0.3 is 0 Å².